The number of ether oxygens (including phenoxy) is 1. The molecule has 0 aliphatic carbocycles. The van der Waals surface area contributed by atoms with Crippen LogP contribution in [0.2, 0.25) is 0 Å². The van der Waals surface area contributed by atoms with Crippen LogP contribution in [0.15, 0.2) is 24.4 Å². The summed E-state index contributed by atoms with van der Waals surface area (Å²) in [5, 5.41) is 3.00. The Morgan fingerprint density at radius 3 is 3.13 bits per heavy atom. The fourth-order valence-corrected chi connectivity index (χ4v) is 0.939. The summed E-state index contributed by atoms with van der Waals surface area (Å²) in [4.78, 5) is 7.99. The smallest absolute Gasteiger partial charge is 0.224 e. The summed E-state index contributed by atoms with van der Waals surface area (Å²) in [5.41, 5.74) is 6.50. The van der Waals surface area contributed by atoms with Gasteiger partial charge in [-0.3, -0.25) is 0 Å². The maximum Gasteiger partial charge on any atom is 0.224 e. The van der Waals surface area contributed by atoms with Crippen molar-refractivity contribution in [3.8, 4) is 0 Å². The van der Waals surface area contributed by atoms with Gasteiger partial charge in [0.05, 0.1) is 13.2 Å². The van der Waals surface area contributed by atoms with Gasteiger partial charge in [0.15, 0.2) is 0 Å². The van der Waals surface area contributed by atoms with Crippen molar-refractivity contribution in [2.24, 2.45) is 0 Å². The highest BCUT2D eigenvalue weighted by molar-refractivity contribution is 5.34. The zero-order chi connectivity index (χ0) is 11.1. The third kappa shape index (κ3) is 4.97. The highest BCUT2D eigenvalue weighted by Gasteiger charge is 1.95. The van der Waals surface area contributed by atoms with Crippen LogP contribution in [-0.4, -0.2) is 29.7 Å². The maximum absolute atomic E-state index is 5.49. The lowest BCUT2D eigenvalue weighted by Gasteiger charge is -2.05. The van der Waals surface area contributed by atoms with E-state index in [-0.39, 0.29) is 0 Å². The molecule has 0 amide bonds. The van der Waals surface area contributed by atoms with E-state index in [9.17, 15) is 0 Å². The van der Waals surface area contributed by atoms with Crippen LogP contribution in [0.4, 0.5) is 11.8 Å². The van der Waals surface area contributed by atoms with Gasteiger partial charge in [-0.2, -0.15) is 4.98 Å². The minimum absolute atomic E-state index is 0.454. The van der Waals surface area contributed by atoms with E-state index < -0.39 is 0 Å². The Kier molecular flexibility index (Phi) is 4.56. The first-order chi connectivity index (χ1) is 7.18. The molecule has 1 rings (SSSR count). The zero-order valence-electron chi connectivity index (χ0n) is 8.86. The van der Waals surface area contributed by atoms with Gasteiger partial charge < -0.3 is 15.8 Å². The third-order valence-electron chi connectivity index (χ3n) is 1.56. The molecule has 1 aromatic rings. The Bertz CT molecular complexity index is 327. The predicted molar refractivity (Wildman–Crippen MR) is 60.6 cm³/mol. The zero-order valence-corrected chi connectivity index (χ0v) is 8.86. The fourth-order valence-electron chi connectivity index (χ4n) is 0.939. The van der Waals surface area contributed by atoms with Gasteiger partial charge in [-0.15, -0.1) is 0 Å². The summed E-state index contributed by atoms with van der Waals surface area (Å²) in [6.45, 7) is 7.48. The number of hydrogen-bond donors (Lipinski definition) is 2. The predicted octanol–water partition coefficient (Wildman–Crippen LogP) is 1.06. The van der Waals surface area contributed by atoms with Crippen molar-refractivity contribution >= 4 is 11.8 Å². The van der Waals surface area contributed by atoms with Crippen molar-refractivity contribution in [2.75, 3.05) is 30.8 Å². The van der Waals surface area contributed by atoms with E-state index in [0.29, 0.717) is 31.5 Å². The van der Waals surface area contributed by atoms with Crippen molar-refractivity contribution in [2.45, 2.75) is 6.92 Å². The summed E-state index contributed by atoms with van der Waals surface area (Å²) in [6, 6.07) is 1.64. The quantitative estimate of drug-likeness (QED) is 0.540. The highest BCUT2D eigenvalue weighted by Crippen LogP contribution is 2.00. The molecule has 82 valence electrons. The first-order valence-electron chi connectivity index (χ1n) is 4.73. The van der Waals surface area contributed by atoms with Gasteiger partial charge in [0.2, 0.25) is 5.95 Å². The van der Waals surface area contributed by atoms with E-state index in [1.165, 1.54) is 0 Å². The molecule has 1 heterocycles. The lowest BCUT2D eigenvalue weighted by Crippen LogP contribution is -2.12. The molecule has 1 aromatic heterocycles. The Morgan fingerprint density at radius 1 is 1.67 bits per heavy atom. The van der Waals surface area contributed by atoms with Crippen LogP contribution in [0.25, 0.3) is 0 Å². The van der Waals surface area contributed by atoms with E-state index in [2.05, 4.69) is 21.9 Å². The molecule has 15 heavy (non-hydrogen) atoms. The van der Waals surface area contributed by atoms with Crippen molar-refractivity contribution in [3.63, 3.8) is 0 Å². The largest absolute Gasteiger partial charge is 0.384 e. The molecule has 3 N–H and O–H groups in total. The first kappa shape index (κ1) is 11.5. The summed E-state index contributed by atoms with van der Waals surface area (Å²) in [5.74, 6) is 0.976. The molecule has 0 atom stereocenters. The van der Waals surface area contributed by atoms with Crippen molar-refractivity contribution in [1.82, 2.24) is 9.97 Å². The lowest BCUT2D eigenvalue weighted by atomic mass is 10.4. The van der Waals surface area contributed by atoms with Gasteiger partial charge in [-0.05, 0) is 13.0 Å². The summed E-state index contributed by atoms with van der Waals surface area (Å²) >= 11 is 0. The molecule has 0 unspecified atom stereocenters. The second-order valence-corrected chi connectivity index (χ2v) is 3.24. The van der Waals surface area contributed by atoms with Crippen LogP contribution >= 0.6 is 0 Å². The molecule has 0 aliphatic heterocycles. The molecule has 0 radical (unpaired) electrons. The van der Waals surface area contributed by atoms with E-state index >= 15 is 0 Å². The van der Waals surface area contributed by atoms with Gasteiger partial charge in [0, 0.05) is 12.7 Å². The van der Waals surface area contributed by atoms with Gasteiger partial charge in [-0.1, -0.05) is 12.2 Å². The van der Waals surface area contributed by atoms with Crippen LogP contribution in [0.3, 0.4) is 0 Å². The standard InChI is InChI=1S/C10H16N4O/c1-8(2)7-15-6-5-13-10-12-4-3-9(11)14-10/h3-4H,1,5-7H2,2H3,(H3,11,12,13,14). The molecule has 5 nitrogen and oxygen atoms in total. The van der Waals surface area contributed by atoms with Crippen LogP contribution in [0.5, 0.6) is 0 Å². The van der Waals surface area contributed by atoms with Gasteiger partial charge in [0.25, 0.3) is 0 Å². The first-order valence-corrected chi connectivity index (χ1v) is 4.73. The topological polar surface area (TPSA) is 73.1 Å². The second-order valence-electron chi connectivity index (χ2n) is 3.24. The summed E-state index contributed by atoms with van der Waals surface area (Å²) in [6.07, 6.45) is 1.61. The van der Waals surface area contributed by atoms with Crippen molar-refractivity contribution in [1.29, 1.82) is 0 Å². The SMILES string of the molecule is C=C(C)COCCNc1nccc(N)n1. The number of nitrogen functional groups attached to an aromatic ring is 1. The summed E-state index contributed by atoms with van der Waals surface area (Å²) < 4.78 is 5.30. The minimum atomic E-state index is 0.454. The number of nitrogens with two attached hydrogens (primary N) is 1. The van der Waals surface area contributed by atoms with Gasteiger partial charge in [-0.25, -0.2) is 4.98 Å². The molecular formula is C10H16N4O. The van der Waals surface area contributed by atoms with E-state index in [1.807, 2.05) is 6.92 Å². The van der Waals surface area contributed by atoms with Crippen LogP contribution in [-0.2, 0) is 4.74 Å². The third-order valence-corrected chi connectivity index (χ3v) is 1.56. The number of hydrogen-bond acceptors (Lipinski definition) is 5. The van der Waals surface area contributed by atoms with Gasteiger partial charge in [0.1, 0.15) is 5.82 Å². The number of rotatable bonds is 6. The van der Waals surface area contributed by atoms with E-state index in [4.69, 9.17) is 10.5 Å². The molecular weight excluding hydrogens is 192 g/mol. The summed E-state index contributed by atoms with van der Waals surface area (Å²) in [7, 11) is 0. The Hall–Kier alpha value is -1.62. The molecule has 0 aliphatic rings. The van der Waals surface area contributed by atoms with Crippen molar-refractivity contribution < 1.29 is 4.74 Å². The second kappa shape index (κ2) is 5.98. The molecule has 0 saturated carbocycles. The average Bonchev–Trinajstić information content (AvgIpc) is 2.17. The monoisotopic (exact) mass is 208 g/mol. The molecule has 0 fully saturated rings. The van der Waals surface area contributed by atoms with Crippen LogP contribution in [0, 0.1) is 0 Å². The molecule has 0 spiro atoms. The van der Waals surface area contributed by atoms with Gasteiger partial charge >= 0.3 is 0 Å². The Labute approximate surface area is 89.4 Å². The number of aromatic nitrogens is 2. The van der Waals surface area contributed by atoms with E-state index in [0.717, 1.165) is 5.57 Å². The van der Waals surface area contributed by atoms with Crippen molar-refractivity contribution in [3.05, 3.63) is 24.4 Å². The fraction of sp³-hybridized carbons (Fsp3) is 0.400. The Balaban J connectivity index is 2.17. The molecule has 0 bridgehead atoms. The normalized spacial score (nSPS) is 9.93. The number of anilines is 2. The highest BCUT2D eigenvalue weighted by atomic mass is 16.5. The molecule has 0 aromatic carbocycles. The van der Waals surface area contributed by atoms with Crippen LogP contribution in [0.1, 0.15) is 6.92 Å². The minimum Gasteiger partial charge on any atom is -0.384 e. The molecule has 0 saturated heterocycles. The lowest BCUT2D eigenvalue weighted by molar-refractivity contribution is 0.167. The average molecular weight is 208 g/mol. The van der Waals surface area contributed by atoms with E-state index in [1.54, 1.807) is 12.3 Å². The number of nitrogens with zero attached hydrogens (tertiary/aromatic N) is 2. The number of nitrogens with one attached hydrogen (secondary N) is 1. The van der Waals surface area contributed by atoms with Crippen LogP contribution < -0.4 is 11.1 Å². The maximum atomic E-state index is 5.49. The Morgan fingerprint density at radius 2 is 2.47 bits per heavy atom. The molecule has 5 heteroatoms.